The molecule has 0 bridgehead atoms. The number of imide groups is 1. The Balaban J connectivity index is 1.82. The Morgan fingerprint density at radius 3 is 2.95 bits per heavy atom. The van der Waals surface area contributed by atoms with Gasteiger partial charge in [-0.2, -0.15) is 5.10 Å². The lowest BCUT2D eigenvalue weighted by Crippen LogP contribution is -2.24. The maximum atomic E-state index is 11.3. The van der Waals surface area contributed by atoms with Crippen LogP contribution in [-0.4, -0.2) is 36.5 Å². The largest absolute Gasteiger partial charge is 0.454 e. The highest BCUT2D eigenvalue weighted by molar-refractivity contribution is 6.32. The summed E-state index contributed by atoms with van der Waals surface area (Å²) in [6.45, 7) is 0.0340. The predicted octanol–water partition coefficient (Wildman–Crippen LogP) is 0.954. The third-order valence-electron chi connectivity index (χ3n) is 2.57. The van der Waals surface area contributed by atoms with Gasteiger partial charge in [0.2, 0.25) is 12.7 Å². The summed E-state index contributed by atoms with van der Waals surface area (Å²) in [4.78, 5) is 22.2. The smallest absolute Gasteiger partial charge is 0.344 e. The lowest BCUT2D eigenvalue weighted by atomic mass is 10.2. The molecule has 0 atom stereocenters. The molecule has 0 aromatic heterocycles. The molecule has 3 rings (SSSR count). The first-order chi connectivity index (χ1) is 9.13. The highest BCUT2D eigenvalue weighted by Crippen LogP contribution is 2.39. The number of ether oxygens (including phenoxy) is 2. The van der Waals surface area contributed by atoms with E-state index in [1.54, 1.807) is 12.1 Å². The van der Waals surface area contributed by atoms with Gasteiger partial charge in [0.1, 0.15) is 6.54 Å². The summed E-state index contributed by atoms with van der Waals surface area (Å²) < 4.78 is 10.4. The summed E-state index contributed by atoms with van der Waals surface area (Å²) in [5.74, 6) is 0.634. The topological polar surface area (TPSA) is 80.2 Å². The van der Waals surface area contributed by atoms with Crippen LogP contribution in [0.4, 0.5) is 4.79 Å². The Morgan fingerprint density at radius 2 is 2.21 bits per heavy atom. The van der Waals surface area contributed by atoms with Crippen molar-refractivity contribution in [3.63, 3.8) is 0 Å². The molecule has 2 aliphatic heterocycles. The summed E-state index contributed by atoms with van der Waals surface area (Å²) in [6, 6.07) is 2.77. The van der Waals surface area contributed by atoms with E-state index in [0.29, 0.717) is 22.1 Å². The molecule has 1 aromatic rings. The number of hydrazone groups is 1. The SMILES string of the molecule is O=C1CN(/N=C\c2cc(Cl)c3c(c2)OCO3)C(=O)N1. The molecule has 1 N–H and O–H groups in total. The van der Waals surface area contributed by atoms with E-state index in [1.807, 2.05) is 0 Å². The number of rotatable bonds is 2. The molecule has 7 nitrogen and oxygen atoms in total. The molecule has 8 heteroatoms. The normalized spacial score (nSPS) is 17.4. The summed E-state index contributed by atoms with van der Waals surface area (Å²) >= 11 is 6.01. The molecule has 0 radical (unpaired) electrons. The maximum absolute atomic E-state index is 11.3. The number of urea groups is 1. The molecule has 2 heterocycles. The first-order valence-corrected chi connectivity index (χ1v) is 5.76. The van der Waals surface area contributed by atoms with Crippen LogP contribution in [0, 0.1) is 0 Å². The van der Waals surface area contributed by atoms with Crippen molar-refractivity contribution in [3.05, 3.63) is 22.7 Å². The highest BCUT2D eigenvalue weighted by Gasteiger charge is 2.26. The van der Waals surface area contributed by atoms with Crippen LogP contribution in [-0.2, 0) is 4.79 Å². The molecule has 1 saturated heterocycles. The molecule has 1 aromatic carbocycles. The first-order valence-electron chi connectivity index (χ1n) is 5.38. The average molecular weight is 282 g/mol. The molecule has 1 fully saturated rings. The van der Waals surface area contributed by atoms with Gasteiger partial charge in [-0.3, -0.25) is 10.1 Å². The van der Waals surface area contributed by atoms with Gasteiger partial charge in [0, 0.05) is 0 Å². The van der Waals surface area contributed by atoms with Crippen LogP contribution < -0.4 is 14.8 Å². The van der Waals surface area contributed by atoms with Crippen LogP contribution in [0.5, 0.6) is 11.5 Å². The fourth-order valence-electron chi connectivity index (χ4n) is 1.72. The lowest BCUT2D eigenvalue weighted by Gasteiger charge is -2.05. The molecule has 2 aliphatic rings. The molecule has 0 spiro atoms. The summed E-state index contributed by atoms with van der Waals surface area (Å²) in [6.07, 6.45) is 1.42. The second kappa shape index (κ2) is 4.43. The number of halogens is 1. The minimum Gasteiger partial charge on any atom is -0.454 e. The van der Waals surface area contributed by atoms with Gasteiger partial charge in [-0.15, -0.1) is 0 Å². The number of nitrogens with zero attached hydrogens (tertiary/aromatic N) is 2. The number of nitrogens with one attached hydrogen (secondary N) is 1. The Morgan fingerprint density at radius 1 is 1.37 bits per heavy atom. The molecule has 0 aliphatic carbocycles. The van der Waals surface area contributed by atoms with Crippen molar-refractivity contribution in [2.45, 2.75) is 0 Å². The van der Waals surface area contributed by atoms with Gasteiger partial charge in [-0.1, -0.05) is 11.6 Å². The van der Waals surface area contributed by atoms with Gasteiger partial charge in [-0.05, 0) is 17.7 Å². The van der Waals surface area contributed by atoms with E-state index in [-0.39, 0.29) is 19.2 Å². The van der Waals surface area contributed by atoms with Crippen molar-refractivity contribution in [2.24, 2.45) is 5.10 Å². The molecular formula is C11H8ClN3O4. The number of fused-ring (bicyclic) bond motifs is 1. The summed E-state index contributed by atoms with van der Waals surface area (Å²) in [7, 11) is 0. The van der Waals surface area contributed by atoms with E-state index < -0.39 is 6.03 Å². The average Bonchev–Trinajstić information content (AvgIpc) is 2.93. The third kappa shape index (κ3) is 2.19. The molecule has 19 heavy (non-hydrogen) atoms. The van der Waals surface area contributed by atoms with Crippen molar-refractivity contribution < 1.29 is 19.1 Å². The van der Waals surface area contributed by atoms with E-state index in [2.05, 4.69) is 10.4 Å². The number of hydrogen-bond acceptors (Lipinski definition) is 5. The molecule has 0 saturated carbocycles. The molecule has 98 valence electrons. The number of hydrogen-bond donors (Lipinski definition) is 1. The summed E-state index contributed by atoms with van der Waals surface area (Å²) in [5.41, 5.74) is 0.640. The summed E-state index contributed by atoms with van der Waals surface area (Å²) in [5, 5.41) is 7.46. The van der Waals surface area contributed by atoms with Crippen molar-refractivity contribution in [1.29, 1.82) is 0 Å². The van der Waals surface area contributed by atoms with Gasteiger partial charge in [0.15, 0.2) is 11.5 Å². The monoisotopic (exact) mass is 281 g/mol. The van der Waals surface area contributed by atoms with E-state index in [4.69, 9.17) is 21.1 Å². The second-order valence-electron chi connectivity index (χ2n) is 3.89. The Hall–Kier alpha value is -2.28. The number of carbonyl (C=O) groups is 2. The fourth-order valence-corrected chi connectivity index (χ4v) is 2.00. The van der Waals surface area contributed by atoms with Crippen molar-refractivity contribution in [3.8, 4) is 11.5 Å². The predicted molar refractivity (Wildman–Crippen MR) is 65.4 cm³/mol. The minimum absolute atomic E-state index is 0.0897. The van der Waals surface area contributed by atoms with Crippen molar-refractivity contribution in [2.75, 3.05) is 13.3 Å². The van der Waals surface area contributed by atoms with E-state index in [1.165, 1.54) is 6.21 Å². The Bertz CT molecular complexity index is 602. The zero-order valence-electron chi connectivity index (χ0n) is 9.55. The quantitative estimate of drug-likeness (QED) is 0.647. The van der Waals surface area contributed by atoms with Gasteiger partial charge >= 0.3 is 6.03 Å². The number of carbonyl (C=O) groups excluding carboxylic acids is 2. The second-order valence-corrected chi connectivity index (χ2v) is 4.30. The first kappa shape index (κ1) is 11.8. The number of benzene rings is 1. The van der Waals surface area contributed by atoms with Crippen LogP contribution in [0.1, 0.15) is 5.56 Å². The zero-order valence-corrected chi connectivity index (χ0v) is 10.3. The van der Waals surface area contributed by atoms with Crippen LogP contribution >= 0.6 is 11.6 Å². The van der Waals surface area contributed by atoms with Crippen molar-refractivity contribution in [1.82, 2.24) is 10.3 Å². The maximum Gasteiger partial charge on any atom is 0.344 e. The molecule has 0 unspecified atom stereocenters. The van der Waals surface area contributed by atoms with E-state index >= 15 is 0 Å². The van der Waals surface area contributed by atoms with E-state index in [0.717, 1.165) is 5.01 Å². The van der Waals surface area contributed by atoms with Crippen LogP contribution in [0.15, 0.2) is 17.2 Å². The van der Waals surface area contributed by atoms with Gasteiger partial charge in [0.05, 0.1) is 11.2 Å². The van der Waals surface area contributed by atoms with Crippen LogP contribution in [0.25, 0.3) is 0 Å². The standard InChI is InChI=1S/C11H8ClN3O4/c12-7-1-6(2-8-10(7)19-5-18-8)3-13-15-4-9(16)14-11(15)17/h1-3H,4-5H2,(H,14,16,17)/b13-3-. The highest BCUT2D eigenvalue weighted by atomic mass is 35.5. The minimum atomic E-state index is -0.548. The third-order valence-corrected chi connectivity index (χ3v) is 2.85. The van der Waals surface area contributed by atoms with Gasteiger partial charge in [-0.25, -0.2) is 9.80 Å². The molecular weight excluding hydrogens is 274 g/mol. The Kier molecular flexibility index (Phi) is 2.75. The van der Waals surface area contributed by atoms with Crippen LogP contribution in [0.3, 0.4) is 0 Å². The zero-order chi connectivity index (χ0) is 13.4. The molecule has 3 amide bonds. The van der Waals surface area contributed by atoms with E-state index in [9.17, 15) is 9.59 Å². The lowest BCUT2D eigenvalue weighted by molar-refractivity contribution is -0.118. The van der Waals surface area contributed by atoms with Gasteiger partial charge in [0.25, 0.3) is 0 Å². The number of amides is 3. The fraction of sp³-hybridized carbons (Fsp3) is 0.182. The van der Waals surface area contributed by atoms with Gasteiger partial charge < -0.3 is 9.47 Å². The van der Waals surface area contributed by atoms with Crippen molar-refractivity contribution >= 4 is 29.8 Å². The Labute approximate surface area is 112 Å². The van der Waals surface area contributed by atoms with Crippen LogP contribution in [0.2, 0.25) is 5.02 Å².